The third-order valence-electron chi connectivity index (χ3n) is 4.57. The van der Waals surface area contributed by atoms with E-state index >= 15 is 0 Å². The fraction of sp³-hybridized carbons (Fsp3) is 0. The molecule has 4 aromatic carbocycles. The minimum Gasteiger partial charge on any atom is -0.507 e. The van der Waals surface area contributed by atoms with Gasteiger partial charge in [0, 0.05) is 22.1 Å². The van der Waals surface area contributed by atoms with E-state index in [0.717, 1.165) is 0 Å². The molecule has 27 heavy (non-hydrogen) atoms. The summed E-state index contributed by atoms with van der Waals surface area (Å²) in [6.45, 7) is 0. The lowest BCUT2D eigenvalue weighted by Gasteiger charge is -2.13. The van der Waals surface area contributed by atoms with E-state index in [2.05, 4.69) is 0 Å². The zero-order valence-corrected chi connectivity index (χ0v) is 14.4. The van der Waals surface area contributed by atoms with E-state index in [1.807, 2.05) is 24.3 Å². The van der Waals surface area contributed by atoms with Crippen molar-refractivity contribution in [1.82, 2.24) is 0 Å². The maximum absolute atomic E-state index is 13.2. The number of phenols is 1. The van der Waals surface area contributed by atoms with E-state index in [0.29, 0.717) is 21.9 Å². The van der Waals surface area contributed by atoms with Crippen LogP contribution in [-0.4, -0.2) is 16.7 Å². The van der Waals surface area contributed by atoms with Crippen molar-refractivity contribution in [1.29, 1.82) is 0 Å². The molecule has 4 aromatic rings. The van der Waals surface area contributed by atoms with E-state index in [1.165, 1.54) is 0 Å². The Morgan fingerprint density at radius 1 is 0.630 bits per heavy atom. The molecule has 0 aromatic heterocycles. The first-order chi connectivity index (χ1) is 13.2. The van der Waals surface area contributed by atoms with E-state index in [1.54, 1.807) is 66.7 Å². The lowest BCUT2D eigenvalue weighted by Crippen LogP contribution is -2.12. The van der Waals surface area contributed by atoms with Gasteiger partial charge >= 0.3 is 0 Å². The fourth-order valence-corrected chi connectivity index (χ4v) is 3.22. The maximum atomic E-state index is 13.2. The lowest BCUT2D eigenvalue weighted by atomic mass is 9.89. The number of carbonyl (C=O) groups is 2. The van der Waals surface area contributed by atoms with Gasteiger partial charge in [0.2, 0.25) is 0 Å². The number of hydrogen-bond donors (Lipinski definition) is 1. The molecule has 4 rings (SSSR count). The van der Waals surface area contributed by atoms with Crippen molar-refractivity contribution in [3.05, 3.63) is 113 Å². The van der Waals surface area contributed by atoms with Gasteiger partial charge in [-0.05, 0) is 11.5 Å². The van der Waals surface area contributed by atoms with Crippen molar-refractivity contribution < 1.29 is 14.7 Å². The minimum atomic E-state index is -0.377. The second-order valence-electron chi connectivity index (χ2n) is 6.26. The number of phenolic OH excluding ortho intramolecular Hbond substituents is 1. The summed E-state index contributed by atoms with van der Waals surface area (Å²) in [5, 5.41) is 12.1. The SMILES string of the molecule is O=C(c1ccccc1)c1cc2ccccc2c(O)c1C(=O)c1ccccc1. The number of aromatic hydroxyl groups is 1. The Morgan fingerprint density at radius 3 is 1.78 bits per heavy atom. The molecule has 1 N–H and O–H groups in total. The molecule has 0 fully saturated rings. The van der Waals surface area contributed by atoms with Gasteiger partial charge < -0.3 is 5.11 Å². The molecule has 0 saturated heterocycles. The molecule has 130 valence electrons. The van der Waals surface area contributed by atoms with Crippen molar-refractivity contribution in [2.24, 2.45) is 0 Å². The van der Waals surface area contributed by atoms with Crippen molar-refractivity contribution in [3.63, 3.8) is 0 Å². The zero-order chi connectivity index (χ0) is 18.8. The summed E-state index contributed by atoms with van der Waals surface area (Å²) in [4.78, 5) is 26.3. The molecule has 0 atom stereocenters. The van der Waals surface area contributed by atoms with Gasteiger partial charge in [-0.1, -0.05) is 84.9 Å². The number of hydrogen-bond acceptors (Lipinski definition) is 3. The Hall–Kier alpha value is -3.72. The smallest absolute Gasteiger partial charge is 0.197 e. The summed E-state index contributed by atoms with van der Waals surface area (Å²) < 4.78 is 0. The molecule has 0 heterocycles. The van der Waals surface area contributed by atoms with E-state index < -0.39 is 0 Å². The highest BCUT2D eigenvalue weighted by molar-refractivity contribution is 6.23. The Morgan fingerprint density at radius 2 is 1.15 bits per heavy atom. The average Bonchev–Trinajstić information content (AvgIpc) is 2.74. The molecule has 0 aliphatic carbocycles. The van der Waals surface area contributed by atoms with Gasteiger partial charge in [0.25, 0.3) is 0 Å². The molecule has 0 amide bonds. The standard InChI is InChI=1S/C24H16O3/c25-22(16-9-3-1-4-10-16)20-15-18-13-7-8-14-19(18)24(27)21(20)23(26)17-11-5-2-6-12-17/h1-15,27H. The number of rotatable bonds is 4. The summed E-state index contributed by atoms with van der Waals surface area (Å²) in [6.07, 6.45) is 0. The van der Waals surface area contributed by atoms with Gasteiger partial charge in [-0.25, -0.2) is 0 Å². The Balaban J connectivity index is 1.99. The van der Waals surface area contributed by atoms with Crippen LogP contribution in [0.4, 0.5) is 0 Å². The van der Waals surface area contributed by atoms with Crippen LogP contribution in [0.15, 0.2) is 91.0 Å². The van der Waals surface area contributed by atoms with Crippen LogP contribution in [0.1, 0.15) is 31.8 Å². The van der Waals surface area contributed by atoms with Gasteiger partial charge in [0.15, 0.2) is 11.6 Å². The first-order valence-electron chi connectivity index (χ1n) is 8.61. The summed E-state index contributed by atoms with van der Waals surface area (Å²) in [5.74, 6) is -0.838. The summed E-state index contributed by atoms with van der Waals surface area (Å²) in [6, 6.07) is 26.3. The highest BCUT2D eigenvalue weighted by Crippen LogP contribution is 2.34. The molecule has 0 aliphatic rings. The second-order valence-corrected chi connectivity index (χ2v) is 6.26. The first kappa shape index (κ1) is 16.7. The van der Waals surface area contributed by atoms with Gasteiger partial charge in [0.05, 0.1) is 5.56 Å². The molecule has 0 radical (unpaired) electrons. The predicted molar refractivity (Wildman–Crippen MR) is 105 cm³/mol. The molecule has 0 aliphatic heterocycles. The first-order valence-corrected chi connectivity index (χ1v) is 8.61. The van der Waals surface area contributed by atoms with Gasteiger partial charge in [-0.15, -0.1) is 0 Å². The van der Waals surface area contributed by atoms with Gasteiger partial charge in [-0.3, -0.25) is 9.59 Å². The number of carbonyl (C=O) groups excluding carboxylic acids is 2. The molecule has 0 unspecified atom stereocenters. The van der Waals surface area contributed by atoms with Crippen LogP contribution in [-0.2, 0) is 0 Å². The number of fused-ring (bicyclic) bond motifs is 1. The molecular weight excluding hydrogens is 336 g/mol. The fourth-order valence-electron chi connectivity index (χ4n) is 3.22. The Labute approximate surface area is 156 Å². The maximum Gasteiger partial charge on any atom is 0.197 e. The largest absolute Gasteiger partial charge is 0.507 e. The van der Waals surface area contributed by atoms with Crippen LogP contribution < -0.4 is 0 Å². The lowest BCUT2D eigenvalue weighted by molar-refractivity contribution is 0.100. The highest BCUT2D eigenvalue weighted by Gasteiger charge is 2.25. The molecule has 0 spiro atoms. The van der Waals surface area contributed by atoms with Crippen molar-refractivity contribution in [2.75, 3.05) is 0 Å². The van der Waals surface area contributed by atoms with Crippen LogP contribution in [0.25, 0.3) is 10.8 Å². The van der Waals surface area contributed by atoms with Crippen LogP contribution in [0.3, 0.4) is 0 Å². The van der Waals surface area contributed by atoms with Crippen molar-refractivity contribution in [2.45, 2.75) is 0 Å². The van der Waals surface area contributed by atoms with Crippen LogP contribution in [0.2, 0.25) is 0 Å². The zero-order valence-electron chi connectivity index (χ0n) is 14.4. The summed E-state index contributed by atoms with van der Waals surface area (Å²) >= 11 is 0. The summed E-state index contributed by atoms with van der Waals surface area (Å²) in [5.41, 5.74) is 1.12. The monoisotopic (exact) mass is 352 g/mol. The van der Waals surface area contributed by atoms with Gasteiger partial charge in [-0.2, -0.15) is 0 Å². The molecule has 3 nitrogen and oxygen atoms in total. The van der Waals surface area contributed by atoms with Crippen molar-refractivity contribution >= 4 is 22.3 Å². The number of benzene rings is 4. The van der Waals surface area contributed by atoms with Crippen LogP contribution in [0.5, 0.6) is 5.75 Å². The average molecular weight is 352 g/mol. The normalized spacial score (nSPS) is 10.7. The van der Waals surface area contributed by atoms with Crippen LogP contribution >= 0.6 is 0 Å². The quantitative estimate of drug-likeness (QED) is 0.525. The second kappa shape index (κ2) is 6.89. The Bertz CT molecular complexity index is 1150. The van der Waals surface area contributed by atoms with E-state index in [9.17, 15) is 14.7 Å². The molecule has 0 saturated carbocycles. The van der Waals surface area contributed by atoms with E-state index in [-0.39, 0.29) is 28.4 Å². The van der Waals surface area contributed by atoms with Crippen LogP contribution in [0, 0.1) is 0 Å². The molecule has 0 bridgehead atoms. The minimum absolute atomic E-state index is 0.0359. The van der Waals surface area contributed by atoms with E-state index in [4.69, 9.17) is 0 Å². The number of ketones is 2. The summed E-state index contributed by atoms with van der Waals surface area (Å²) in [7, 11) is 0. The third-order valence-corrected chi connectivity index (χ3v) is 4.57. The Kier molecular flexibility index (Phi) is 4.27. The molecular formula is C24H16O3. The van der Waals surface area contributed by atoms with Crippen molar-refractivity contribution in [3.8, 4) is 5.75 Å². The highest BCUT2D eigenvalue weighted by atomic mass is 16.3. The predicted octanol–water partition coefficient (Wildman–Crippen LogP) is 5.01. The molecule has 3 heteroatoms. The van der Waals surface area contributed by atoms with Gasteiger partial charge in [0.1, 0.15) is 5.75 Å². The topological polar surface area (TPSA) is 54.4 Å². The third kappa shape index (κ3) is 3.00.